The van der Waals surface area contributed by atoms with Crippen LogP contribution in [-0.2, 0) is 4.74 Å². The molecule has 0 amide bonds. The third-order valence-corrected chi connectivity index (χ3v) is 2.75. The lowest BCUT2D eigenvalue weighted by molar-refractivity contribution is 0.0910. The summed E-state index contributed by atoms with van der Waals surface area (Å²) >= 11 is 0. The number of nitrogens with zero attached hydrogens (tertiary/aromatic N) is 1. The SMILES string of the molecule is CCC(C)CN(C)CCC(CN)OC. The Morgan fingerprint density at radius 1 is 1.43 bits per heavy atom. The summed E-state index contributed by atoms with van der Waals surface area (Å²) in [5.41, 5.74) is 5.55. The fraction of sp³-hybridized carbons (Fsp3) is 1.00. The Hall–Kier alpha value is -0.120. The Morgan fingerprint density at radius 3 is 2.50 bits per heavy atom. The number of ether oxygens (including phenoxy) is 1. The maximum Gasteiger partial charge on any atom is 0.0705 e. The first kappa shape index (κ1) is 13.9. The summed E-state index contributed by atoms with van der Waals surface area (Å²) in [5.74, 6) is 0.777. The minimum Gasteiger partial charge on any atom is -0.380 e. The van der Waals surface area contributed by atoms with E-state index >= 15 is 0 Å². The lowest BCUT2D eigenvalue weighted by atomic mass is 10.1. The second-order valence-corrected chi connectivity index (χ2v) is 4.16. The predicted molar refractivity (Wildman–Crippen MR) is 61.4 cm³/mol. The van der Waals surface area contributed by atoms with Gasteiger partial charge in [0.15, 0.2) is 0 Å². The van der Waals surface area contributed by atoms with Gasteiger partial charge in [0.05, 0.1) is 6.10 Å². The third-order valence-electron chi connectivity index (χ3n) is 2.75. The van der Waals surface area contributed by atoms with Crippen LogP contribution >= 0.6 is 0 Å². The van der Waals surface area contributed by atoms with E-state index in [4.69, 9.17) is 10.5 Å². The molecular weight excluding hydrogens is 176 g/mol. The van der Waals surface area contributed by atoms with Gasteiger partial charge >= 0.3 is 0 Å². The summed E-state index contributed by atoms with van der Waals surface area (Å²) in [6.07, 6.45) is 2.49. The zero-order valence-electron chi connectivity index (χ0n) is 10.1. The molecular formula is C11H26N2O. The maximum atomic E-state index is 5.55. The largest absolute Gasteiger partial charge is 0.380 e. The van der Waals surface area contributed by atoms with Crippen molar-refractivity contribution in [3.05, 3.63) is 0 Å². The third kappa shape index (κ3) is 6.35. The zero-order valence-corrected chi connectivity index (χ0v) is 10.1. The van der Waals surface area contributed by atoms with E-state index in [1.807, 2.05) is 0 Å². The monoisotopic (exact) mass is 202 g/mol. The molecule has 0 fully saturated rings. The van der Waals surface area contributed by atoms with Gasteiger partial charge in [0.25, 0.3) is 0 Å². The molecule has 86 valence electrons. The molecule has 0 spiro atoms. The number of methoxy groups -OCH3 is 1. The minimum atomic E-state index is 0.217. The van der Waals surface area contributed by atoms with Gasteiger partial charge in [-0.1, -0.05) is 20.3 Å². The molecule has 0 heterocycles. The summed E-state index contributed by atoms with van der Waals surface area (Å²) in [5, 5.41) is 0. The van der Waals surface area contributed by atoms with Gasteiger partial charge in [-0.15, -0.1) is 0 Å². The van der Waals surface area contributed by atoms with E-state index in [0.29, 0.717) is 6.54 Å². The number of hydrogen-bond donors (Lipinski definition) is 1. The van der Waals surface area contributed by atoms with Crippen LogP contribution in [0, 0.1) is 5.92 Å². The molecule has 0 radical (unpaired) electrons. The van der Waals surface area contributed by atoms with E-state index < -0.39 is 0 Å². The van der Waals surface area contributed by atoms with E-state index in [9.17, 15) is 0 Å². The highest BCUT2D eigenvalue weighted by molar-refractivity contribution is 4.63. The summed E-state index contributed by atoms with van der Waals surface area (Å²) in [7, 11) is 3.89. The number of hydrogen-bond acceptors (Lipinski definition) is 3. The topological polar surface area (TPSA) is 38.5 Å². The van der Waals surface area contributed by atoms with Gasteiger partial charge in [-0.2, -0.15) is 0 Å². The van der Waals surface area contributed by atoms with Crippen LogP contribution in [0.2, 0.25) is 0 Å². The van der Waals surface area contributed by atoms with Crippen LogP contribution in [0.15, 0.2) is 0 Å². The van der Waals surface area contributed by atoms with Crippen LogP contribution in [0.4, 0.5) is 0 Å². The molecule has 0 aromatic heterocycles. The summed E-state index contributed by atoms with van der Waals surface area (Å²) in [6.45, 7) is 7.37. The van der Waals surface area contributed by atoms with Gasteiger partial charge in [0.2, 0.25) is 0 Å². The first-order valence-electron chi connectivity index (χ1n) is 5.55. The highest BCUT2D eigenvalue weighted by Crippen LogP contribution is 2.04. The molecule has 0 saturated heterocycles. The fourth-order valence-corrected chi connectivity index (χ4v) is 1.45. The molecule has 3 heteroatoms. The van der Waals surface area contributed by atoms with Crippen molar-refractivity contribution in [2.75, 3.05) is 33.8 Å². The Bertz CT molecular complexity index is 126. The molecule has 2 unspecified atom stereocenters. The van der Waals surface area contributed by atoms with Crippen molar-refractivity contribution < 1.29 is 4.74 Å². The van der Waals surface area contributed by atoms with Crippen LogP contribution in [0.5, 0.6) is 0 Å². The van der Waals surface area contributed by atoms with Gasteiger partial charge in [-0.3, -0.25) is 0 Å². The van der Waals surface area contributed by atoms with Gasteiger partial charge in [0.1, 0.15) is 0 Å². The van der Waals surface area contributed by atoms with Crippen molar-refractivity contribution in [2.24, 2.45) is 11.7 Å². The quantitative estimate of drug-likeness (QED) is 0.645. The first-order valence-corrected chi connectivity index (χ1v) is 5.55. The molecule has 14 heavy (non-hydrogen) atoms. The second-order valence-electron chi connectivity index (χ2n) is 4.16. The number of nitrogens with two attached hydrogens (primary N) is 1. The Labute approximate surface area is 88.6 Å². The molecule has 2 atom stereocenters. The molecule has 0 aliphatic carbocycles. The van der Waals surface area contributed by atoms with E-state index in [2.05, 4.69) is 25.8 Å². The van der Waals surface area contributed by atoms with Crippen LogP contribution in [0.25, 0.3) is 0 Å². The van der Waals surface area contributed by atoms with Crippen molar-refractivity contribution in [1.29, 1.82) is 0 Å². The minimum absolute atomic E-state index is 0.217. The van der Waals surface area contributed by atoms with Crippen molar-refractivity contribution in [2.45, 2.75) is 32.8 Å². The van der Waals surface area contributed by atoms with Gasteiger partial charge in [-0.25, -0.2) is 0 Å². The highest BCUT2D eigenvalue weighted by Gasteiger charge is 2.08. The van der Waals surface area contributed by atoms with Crippen molar-refractivity contribution in [3.8, 4) is 0 Å². The lowest BCUT2D eigenvalue weighted by Crippen LogP contribution is -2.31. The Kier molecular flexibility index (Phi) is 8.14. The van der Waals surface area contributed by atoms with Gasteiger partial charge in [-0.05, 0) is 19.4 Å². The lowest BCUT2D eigenvalue weighted by Gasteiger charge is -2.22. The molecule has 3 nitrogen and oxygen atoms in total. The molecule has 0 aliphatic heterocycles. The van der Waals surface area contributed by atoms with Crippen LogP contribution in [0.3, 0.4) is 0 Å². The van der Waals surface area contributed by atoms with E-state index in [1.165, 1.54) is 6.42 Å². The van der Waals surface area contributed by atoms with Gasteiger partial charge in [0, 0.05) is 26.7 Å². The number of rotatable bonds is 8. The van der Waals surface area contributed by atoms with Crippen molar-refractivity contribution in [3.63, 3.8) is 0 Å². The Balaban J connectivity index is 3.56. The normalized spacial score (nSPS) is 15.9. The van der Waals surface area contributed by atoms with Crippen molar-refractivity contribution >= 4 is 0 Å². The van der Waals surface area contributed by atoms with E-state index in [1.54, 1.807) is 7.11 Å². The first-order chi connectivity index (χ1) is 6.63. The van der Waals surface area contributed by atoms with Gasteiger partial charge < -0.3 is 15.4 Å². The molecule has 0 bridgehead atoms. The molecule has 0 rings (SSSR count). The maximum absolute atomic E-state index is 5.55. The second kappa shape index (κ2) is 8.21. The molecule has 0 aliphatic rings. The molecule has 2 N–H and O–H groups in total. The molecule has 0 aromatic carbocycles. The Morgan fingerprint density at radius 2 is 2.07 bits per heavy atom. The summed E-state index contributed by atoms with van der Waals surface area (Å²) < 4.78 is 5.23. The standard InChI is InChI=1S/C11H26N2O/c1-5-10(2)9-13(3)7-6-11(8-12)14-4/h10-11H,5-9,12H2,1-4H3. The van der Waals surface area contributed by atoms with Crippen molar-refractivity contribution in [1.82, 2.24) is 4.90 Å². The van der Waals surface area contributed by atoms with E-state index in [-0.39, 0.29) is 6.10 Å². The molecule has 0 saturated carbocycles. The predicted octanol–water partition coefficient (Wildman–Crippen LogP) is 1.33. The highest BCUT2D eigenvalue weighted by atomic mass is 16.5. The average molecular weight is 202 g/mol. The van der Waals surface area contributed by atoms with Crippen LogP contribution < -0.4 is 5.73 Å². The van der Waals surface area contributed by atoms with E-state index in [0.717, 1.165) is 25.4 Å². The summed E-state index contributed by atoms with van der Waals surface area (Å²) in [4.78, 5) is 2.36. The molecule has 0 aromatic rings. The summed E-state index contributed by atoms with van der Waals surface area (Å²) in [6, 6.07) is 0. The smallest absolute Gasteiger partial charge is 0.0705 e. The van der Waals surface area contributed by atoms with Crippen LogP contribution in [0.1, 0.15) is 26.7 Å². The average Bonchev–Trinajstić information content (AvgIpc) is 2.19. The fourth-order valence-electron chi connectivity index (χ4n) is 1.45. The zero-order chi connectivity index (χ0) is 11.0. The van der Waals surface area contributed by atoms with Crippen LogP contribution in [-0.4, -0.2) is 44.8 Å².